The maximum Gasteiger partial charge on any atom is 0.239 e. The molecule has 1 fully saturated rings. The highest BCUT2D eigenvalue weighted by molar-refractivity contribution is 5.81. The monoisotopic (exact) mass is 308 g/mol. The zero-order valence-electron chi connectivity index (χ0n) is 13.3. The molecule has 1 atom stereocenters. The number of nitrogens with two attached hydrogens (primary N) is 1. The van der Waals surface area contributed by atoms with Gasteiger partial charge in [0.25, 0.3) is 0 Å². The molecular formula is C17H25FN2O2. The number of primary amides is 1. The summed E-state index contributed by atoms with van der Waals surface area (Å²) in [7, 11) is 1.75. The van der Waals surface area contributed by atoms with Gasteiger partial charge in [-0.05, 0) is 56.3 Å². The SMILES string of the molecule is CC1CCC(O)(CN(C)C(C(N)=O)c2cccc(F)c2)CC1. The summed E-state index contributed by atoms with van der Waals surface area (Å²) in [6.45, 7) is 2.53. The first-order valence-electron chi connectivity index (χ1n) is 7.78. The number of hydrogen-bond donors (Lipinski definition) is 2. The van der Waals surface area contributed by atoms with Crippen LogP contribution in [0.5, 0.6) is 0 Å². The van der Waals surface area contributed by atoms with Gasteiger partial charge in [-0.25, -0.2) is 4.39 Å². The highest BCUT2D eigenvalue weighted by atomic mass is 19.1. The molecule has 122 valence electrons. The Morgan fingerprint density at radius 3 is 2.68 bits per heavy atom. The maximum absolute atomic E-state index is 13.4. The van der Waals surface area contributed by atoms with Crippen LogP contribution in [0.15, 0.2) is 24.3 Å². The molecule has 4 nitrogen and oxygen atoms in total. The van der Waals surface area contributed by atoms with Gasteiger partial charge in [0.05, 0.1) is 5.60 Å². The van der Waals surface area contributed by atoms with Crippen LogP contribution in [-0.2, 0) is 4.79 Å². The van der Waals surface area contributed by atoms with Crippen LogP contribution >= 0.6 is 0 Å². The minimum atomic E-state index is -0.803. The van der Waals surface area contributed by atoms with Gasteiger partial charge >= 0.3 is 0 Å². The first kappa shape index (κ1) is 16.9. The van der Waals surface area contributed by atoms with Gasteiger partial charge in [-0.3, -0.25) is 9.69 Å². The van der Waals surface area contributed by atoms with Crippen molar-refractivity contribution in [1.29, 1.82) is 0 Å². The van der Waals surface area contributed by atoms with E-state index in [1.807, 2.05) is 0 Å². The van der Waals surface area contributed by atoms with E-state index >= 15 is 0 Å². The lowest BCUT2D eigenvalue weighted by molar-refractivity contribution is -0.124. The van der Waals surface area contributed by atoms with Crippen molar-refractivity contribution >= 4 is 5.91 Å². The molecule has 22 heavy (non-hydrogen) atoms. The quantitative estimate of drug-likeness (QED) is 0.876. The largest absolute Gasteiger partial charge is 0.389 e. The van der Waals surface area contributed by atoms with E-state index in [9.17, 15) is 14.3 Å². The highest BCUT2D eigenvalue weighted by Crippen LogP contribution is 2.33. The lowest BCUT2D eigenvalue weighted by Crippen LogP contribution is -2.47. The highest BCUT2D eigenvalue weighted by Gasteiger charge is 2.35. The average Bonchev–Trinajstić information content (AvgIpc) is 2.42. The summed E-state index contributed by atoms with van der Waals surface area (Å²) in [5.74, 6) is -0.316. The molecule has 1 aromatic rings. The fraction of sp³-hybridized carbons (Fsp3) is 0.588. The molecule has 1 saturated carbocycles. The van der Waals surface area contributed by atoms with Gasteiger partial charge < -0.3 is 10.8 Å². The van der Waals surface area contributed by atoms with Crippen LogP contribution in [-0.4, -0.2) is 35.1 Å². The summed E-state index contributed by atoms with van der Waals surface area (Å²) in [5.41, 5.74) is 5.22. The maximum atomic E-state index is 13.4. The first-order valence-corrected chi connectivity index (χ1v) is 7.78. The van der Waals surface area contributed by atoms with Gasteiger partial charge in [0, 0.05) is 6.54 Å². The second-order valence-electron chi connectivity index (χ2n) is 6.68. The van der Waals surface area contributed by atoms with E-state index in [1.54, 1.807) is 24.1 Å². The number of halogens is 1. The third kappa shape index (κ3) is 4.05. The minimum Gasteiger partial charge on any atom is -0.389 e. The predicted molar refractivity (Wildman–Crippen MR) is 83.5 cm³/mol. The third-order valence-corrected chi connectivity index (χ3v) is 4.62. The van der Waals surface area contributed by atoms with Crippen molar-refractivity contribution in [2.75, 3.05) is 13.6 Å². The van der Waals surface area contributed by atoms with Crippen molar-refractivity contribution in [3.05, 3.63) is 35.6 Å². The number of rotatable bonds is 5. The Balaban J connectivity index is 2.13. The molecule has 1 aliphatic rings. The molecule has 2 rings (SSSR count). The van der Waals surface area contributed by atoms with E-state index in [0.29, 0.717) is 30.9 Å². The Labute approximate surface area is 131 Å². The molecular weight excluding hydrogens is 283 g/mol. The number of carbonyl (C=O) groups is 1. The number of hydrogen-bond acceptors (Lipinski definition) is 3. The Hall–Kier alpha value is -1.46. The van der Waals surface area contributed by atoms with Crippen molar-refractivity contribution in [3.8, 4) is 0 Å². The van der Waals surface area contributed by atoms with Crippen LogP contribution < -0.4 is 5.73 Å². The number of amides is 1. The summed E-state index contributed by atoms with van der Waals surface area (Å²) in [4.78, 5) is 13.6. The Kier molecular flexibility index (Phi) is 5.19. The smallest absolute Gasteiger partial charge is 0.239 e. The molecule has 0 heterocycles. The molecule has 0 aromatic heterocycles. The van der Waals surface area contributed by atoms with Gasteiger partial charge in [-0.1, -0.05) is 19.1 Å². The van der Waals surface area contributed by atoms with Gasteiger partial charge in [0.2, 0.25) is 5.91 Å². The molecule has 1 aliphatic carbocycles. The molecule has 1 amide bonds. The fourth-order valence-corrected chi connectivity index (χ4v) is 3.33. The van der Waals surface area contributed by atoms with Crippen LogP contribution in [0, 0.1) is 11.7 Å². The molecule has 1 aromatic carbocycles. The molecule has 5 heteroatoms. The summed E-state index contributed by atoms with van der Waals surface area (Å²) < 4.78 is 13.4. The van der Waals surface area contributed by atoms with E-state index in [1.165, 1.54) is 12.1 Å². The van der Waals surface area contributed by atoms with Gasteiger partial charge in [0.1, 0.15) is 11.9 Å². The number of carbonyl (C=O) groups excluding carboxylic acids is 1. The normalized spacial score (nSPS) is 26.9. The molecule has 1 unspecified atom stereocenters. The van der Waals surface area contributed by atoms with Crippen LogP contribution in [0.3, 0.4) is 0 Å². The number of aliphatic hydroxyl groups is 1. The van der Waals surface area contributed by atoms with Crippen molar-refractivity contribution in [2.45, 2.75) is 44.2 Å². The van der Waals surface area contributed by atoms with Crippen LogP contribution in [0.25, 0.3) is 0 Å². The first-order chi connectivity index (χ1) is 10.3. The van der Waals surface area contributed by atoms with E-state index in [4.69, 9.17) is 5.73 Å². The zero-order chi connectivity index (χ0) is 16.3. The lowest BCUT2D eigenvalue weighted by Gasteiger charge is -2.39. The van der Waals surface area contributed by atoms with E-state index < -0.39 is 23.4 Å². The summed E-state index contributed by atoms with van der Waals surface area (Å²) in [5, 5.41) is 10.7. The minimum absolute atomic E-state index is 0.351. The van der Waals surface area contributed by atoms with E-state index in [2.05, 4.69) is 6.92 Å². The Morgan fingerprint density at radius 2 is 2.14 bits per heavy atom. The van der Waals surface area contributed by atoms with Crippen molar-refractivity contribution in [1.82, 2.24) is 4.90 Å². The third-order valence-electron chi connectivity index (χ3n) is 4.62. The summed E-state index contributed by atoms with van der Waals surface area (Å²) in [6.07, 6.45) is 3.39. The lowest BCUT2D eigenvalue weighted by atomic mass is 9.79. The topological polar surface area (TPSA) is 66.6 Å². The van der Waals surface area contributed by atoms with Crippen LogP contribution in [0.2, 0.25) is 0 Å². The zero-order valence-corrected chi connectivity index (χ0v) is 13.3. The van der Waals surface area contributed by atoms with Gasteiger partial charge in [0.15, 0.2) is 0 Å². The van der Waals surface area contributed by atoms with Crippen molar-refractivity contribution in [3.63, 3.8) is 0 Å². The van der Waals surface area contributed by atoms with Crippen LogP contribution in [0.4, 0.5) is 4.39 Å². The number of nitrogens with zero attached hydrogens (tertiary/aromatic N) is 1. The molecule has 0 bridgehead atoms. The molecule has 0 aliphatic heterocycles. The average molecular weight is 308 g/mol. The molecule has 3 N–H and O–H groups in total. The Bertz CT molecular complexity index is 527. The van der Waals surface area contributed by atoms with Gasteiger partial charge in [-0.15, -0.1) is 0 Å². The summed E-state index contributed by atoms with van der Waals surface area (Å²) in [6, 6.07) is 5.16. The number of benzene rings is 1. The van der Waals surface area contributed by atoms with E-state index in [-0.39, 0.29) is 0 Å². The fourth-order valence-electron chi connectivity index (χ4n) is 3.33. The standard InChI is InChI=1S/C17H25FN2O2/c1-12-6-8-17(22,9-7-12)11-20(2)15(16(19)21)13-4-3-5-14(18)10-13/h3-5,10,12,15,22H,6-9,11H2,1-2H3,(H2,19,21). The molecule has 0 spiro atoms. The van der Waals surface area contributed by atoms with E-state index in [0.717, 1.165) is 12.8 Å². The molecule has 0 radical (unpaired) electrons. The second-order valence-corrected chi connectivity index (χ2v) is 6.68. The number of likely N-dealkylation sites (N-methyl/N-ethyl adjacent to an activating group) is 1. The summed E-state index contributed by atoms with van der Waals surface area (Å²) >= 11 is 0. The second kappa shape index (κ2) is 6.75. The van der Waals surface area contributed by atoms with Crippen molar-refractivity contribution < 1.29 is 14.3 Å². The molecule has 0 saturated heterocycles. The predicted octanol–water partition coefficient (Wildman–Crippen LogP) is 2.23. The van der Waals surface area contributed by atoms with Crippen molar-refractivity contribution in [2.24, 2.45) is 11.7 Å². The van der Waals surface area contributed by atoms with Gasteiger partial charge in [-0.2, -0.15) is 0 Å². The Morgan fingerprint density at radius 1 is 1.50 bits per heavy atom. The van der Waals surface area contributed by atoms with Crippen LogP contribution in [0.1, 0.15) is 44.2 Å².